The summed E-state index contributed by atoms with van der Waals surface area (Å²) >= 11 is 0. The van der Waals surface area contributed by atoms with Gasteiger partial charge in [-0.3, -0.25) is 48.6 Å². The highest BCUT2D eigenvalue weighted by Crippen LogP contribution is 2.68. The minimum absolute atomic E-state index is 0.0163. The molecule has 2 N–H and O–H groups in total. The molecule has 15 nitrogen and oxygen atoms in total. The van der Waals surface area contributed by atoms with Crippen molar-refractivity contribution in [2.24, 2.45) is 99.6 Å². The molecule has 0 aromatic rings. The van der Waals surface area contributed by atoms with Crippen molar-refractivity contribution in [3.8, 4) is 0 Å². The van der Waals surface area contributed by atoms with Gasteiger partial charge in [-0.15, -0.1) is 0 Å². The van der Waals surface area contributed by atoms with E-state index in [1.807, 2.05) is 20.8 Å². The molecule has 0 radical (unpaired) electrons. The molecule has 8 fully saturated rings. The average molecular weight is 937 g/mol. The topological polar surface area (TPSA) is 209 Å². The molecule has 67 heavy (non-hydrogen) atoms. The van der Waals surface area contributed by atoms with Crippen LogP contribution in [0.5, 0.6) is 0 Å². The number of unbranched alkanes of at least 4 members (excludes halogenated alkanes) is 2. The van der Waals surface area contributed by atoms with E-state index in [0.29, 0.717) is 64.6 Å². The number of likely N-dealkylation sites (tertiary alicyclic amines) is 1. The van der Waals surface area contributed by atoms with E-state index in [-0.39, 0.29) is 67.3 Å². The first-order chi connectivity index (χ1) is 32.0. The van der Waals surface area contributed by atoms with Crippen molar-refractivity contribution in [3.63, 3.8) is 0 Å². The molecule has 16 unspecified atom stereocenters. The summed E-state index contributed by atoms with van der Waals surface area (Å²) in [5.74, 6) is -14.1. The first-order valence-electron chi connectivity index (χ1n) is 26.1. The van der Waals surface area contributed by atoms with Crippen molar-refractivity contribution in [1.29, 1.82) is 0 Å². The van der Waals surface area contributed by atoms with Crippen molar-refractivity contribution in [2.45, 2.75) is 144 Å². The smallest absolute Gasteiger partial charge is 0.312 e. The lowest BCUT2D eigenvalue weighted by Gasteiger charge is -2.51. The minimum Gasteiger partial charge on any atom is -0.481 e. The number of nitrogens with one attached hydrogen (secondary N) is 1. The highest BCUT2D eigenvalue weighted by molar-refractivity contribution is 6.11. The summed E-state index contributed by atoms with van der Waals surface area (Å²) in [4.78, 5) is 116. The Kier molecular flexibility index (Phi) is 14.7. The number of fused-ring (bicyclic) bond motifs is 4. The number of aliphatic carboxylic acids is 1. The van der Waals surface area contributed by atoms with Crippen molar-refractivity contribution in [2.75, 3.05) is 33.0 Å². The third-order valence-electron chi connectivity index (χ3n) is 19.1. The molecule has 15 heteroatoms. The van der Waals surface area contributed by atoms with Gasteiger partial charge in [0.15, 0.2) is 0 Å². The van der Waals surface area contributed by atoms with E-state index in [2.05, 4.69) is 12.2 Å². The number of carbonyl (C=O) groups excluding carboxylic acids is 7. The van der Waals surface area contributed by atoms with Crippen LogP contribution in [0.15, 0.2) is 0 Å². The maximum Gasteiger partial charge on any atom is 0.312 e. The van der Waals surface area contributed by atoms with E-state index in [4.69, 9.17) is 18.9 Å². The second kappa shape index (κ2) is 19.9. The predicted molar refractivity (Wildman–Crippen MR) is 241 cm³/mol. The number of amides is 4. The molecule has 4 bridgehead atoms. The number of esters is 3. The van der Waals surface area contributed by atoms with Crippen molar-refractivity contribution in [1.82, 2.24) is 10.2 Å². The second-order valence-electron chi connectivity index (χ2n) is 22.6. The van der Waals surface area contributed by atoms with Crippen LogP contribution >= 0.6 is 0 Å². The first kappa shape index (κ1) is 49.5. The van der Waals surface area contributed by atoms with Crippen LogP contribution in [0, 0.1) is 99.6 Å². The Balaban J connectivity index is 1.21. The molecule has 16 atom stereocenters. The predicted octanol–water partition coefficient (Wildman–Crippen LogP) is 6.38. The zero-order valence-electron chi connectivity index (χ0n) is 40.7. The van der Waals surface area contributed by atoms with Gasteiger partial charge >= 0.3 is 23.9 Å². The lowest BCUT2D eigenvalue weighted by molar-refractivity contribution is -0.188. The van der Waals surface area contributed by atoms with Gasteiger partial charge in [-0.05, 0) is 118 Å². The molecule has 5 aliphatic carbocycles. The Hall–Kier alpha value is -3.88. The maximum atomic E-state index is 15.4. The Morgan fingerprint density at radius 3 is 2.09 bits per heavy atom. The molecular formula is C52H76N2O13. The molecule has 8 aliphatic rings. The van der Waals surface area contributed by atoms with Crippen LogP contribution in [0.2, 0.25) is 0 Å². The van der Waals surface area contributed by atoms with Gasteiger partial charge in [-0.1, -0.05) is 66.7 Å². The fraction of sp³-hybridized carbons (Fsp3) is 0.846. The summed E-state index contributed by atoms with van der Waals surface area (Å²) in [6, 6.07) is -0.261. The monoisotopic (exact) mass is 937 g/mol. The summed E-state index contributed by atoms with van der Waals surface area (Å²) in [6.45, 7) is 12.9. The molecule has 0 spiro atoms. The molecule has 3 saturated heterocycles. The average Bonchev–Trinajstić information content (AvgIpc) is 4.14. The standard InChI is InChI=1S/C52H76N2O13/c1-7-10-17-65-49(62)42(51(6,50(63)66-18-11-8-2)41-27(4)29-19-34(41)35(20-29)47(59)60)39-30-21-32(36(22-30)48(61)67-26-52(9-3)24-64-25-52)33(39)23-37-40(44(56)53-43(37)55)38-28(5)45(57)54(46(38)58)31-15-13-12-14-16-31/h27-42H,7-26H2,1-6H3,(H,59,60)(H,53,55,56). The van der Waals surface area contributed by atoms with Gasteiger partial charge in [0.25, 0.3) is 0 Å². The minimum atomic E-state index is -1.57. The fourth-order valence-corrected chi connectivity index (χ4v) is 15.4. The quantitative estimate of drug-likeness (QED) is 0.0589. The fourth-order valence-electron chi connectivity index (χ4n) is 15.4. The lowest BCUT2D eigenvalue weighted by atomic mass is 9.52. The van der Waals surface area contributed by atoms with E-state index >= 15 is 9.59 Å². The van der Waals surface area contributed by atoms with Gasteiger partial charge in [0.1, 0.15) is 6.61 Å². The van der Waals surface area contributed by atoms with Gasteiger partial charge in [-0.25, -0.2) is 0 Å². The van der Waals surface area contributed by atoms with E-state index in [1.165, 1.54) is 4.90 Å². The maximum absolute atomic E-state index is 15.4. The third kappa shape index (κ3) is 8.65. The number of rotatable bonds is 20. The molecule has 372 valence electrons. The summed E-state index contributed by atoms with van der Waals surface area (Å²) in [5.41, 5.74) is -1.84. The van der Waals surface area contributed by atoms with Crippen molar-refractivity contribution < 1.29 is 62.4 Å². The zero-order valence-corrected chi connectivity index (χ0v) is 40.7. The number of carboxylic acid groups (broad SMARTS) is 1. The number of hydrogen-bond acceptors (Lipinski definition) is 12. The van der Waals surface area contributed by atoms with Crippen LogP contribution < -0.4 is 5.32 Å². The lowest BCUT2D eigenvalue weighted by Crippen LogP contribution is -2.57. The summed E-state index contributed by atoms with van der Waals surface area (Å²) < 4.78 is 24.0. The number of nitrogens with zero attached hydrogens (tertiary/aromatic N) is 1. The number of carbonyl (C=O) groups is 8. The highest BCUT2D eigenvalue weighted by atomic mass is 16.6. The largest absolute Gasteiger partial charge is 0.481 e. The molecule has 8 rings (SSSR count). The van der Waals surface area contributed by atoms with Gasteiger partial charge < -0.3 is 24.1 Å². The van der Waals surface area contributed by atoms with Crippen LogP contribution in [0.25, 0.3) is 0 Å². The Bertz CT molecular complexity index is 1940. The van der Waals surface area contributed by atoms with Crippen molar-refractivity contribution in [3.05, 3.63) is 0 Å². The van der Waals surface area contributed by atoms with E-state index < -0.39 is 112 Å². The third-order valence-corrected chi connectivity index (χ3v) is 19.1. The normalized spacial score (nSPS) is 37.9. The number of imide groups is 2. The summed E-state index contributed by atoms with van der Waals surface area (Å²) in [6.07, 6.45) is 9.58. The number of ether oxygens (including phenoxy) is 4. The van der Waals surface area contributed by atoms with Crippen LogP contribution in [-0.2, 0) is 57.3 Å². The van der Waals surface area contributed by atoms with Crippen LogP contribution in [-0.4, -0.2) is 96.6 Å². The molecule has 3 aliphatic heterocycles. The first-order valence-corrected chi connectivity index (χ1v) is 26.1. The van der Waals surface area contributed by atoms with Crippen LogP contribution in [0.4, 0.5) is 0 Å². The van der Waals surface area contributed by atoms with Crippen LogP contribution in [0.3, 0.4) is 0 Å². The Morgan fingerprint density at radius 1 is 0.821 bits per heavy atom. The summed E-state index contributed by atoms with van der Waals surface area (Å²) in [5, 5.41) is 13.1. The SMILES string of the molecule is CCCCOC(=O)C(C1C2CC(C(=O)OCC3(CC)COC3)C(C2)C1CC1C(=O)NC(=O)C1C1C(=O)N(C2CCCCC2)C(=O)C1C)C(C)(C(=O)OCCCC)C1C(C)C2CC(C(=O)O)C1C2. The van der Waals surface area contributed by atoms with Gasteiger partial charge in [0.2, 0.25) is 23.6 Å². The Morgan fingerprint density at radius 2 is 1.48 bits per heavy atom. The van der Waals surface area contributed by atoms with Gasteiger partial charge in [0.05, 0.1) is 72.8 Å². The van der Waals surface area contributed by atoms with Crippen molar-refractivity contribution >= 4 is 47.5 Å². The summed E-state index contributed by atoms with van der Waals surface area (Å²) in [7, 11) is 0. The molecule has 3 heterocycles. The van der Waals surface area contributed by atoms with Crippen LogP contribution in [0.1, 0.15) is 138 Å². The molecule has 4 amide bonds. The van der Waals surface area contributed by atoms with Gasteiger partial charge in [-0.2, -0.15) is 0 Å². The Labute approximate surface area is 395 Å². The van der Waals surface area contributed by atoms with E-state index in [9.17, 15) is 33.9 Å². The van der Waals surface area contributed by atoms with E-state index in [0.717, 1.165) is 38.5 Å². The molecule has 0 aromatic carbocycles. The molecular weight excluding hydrogens is 861 g/mol. The zero-order chi connectivity index (χ0) is 48.1. The number of carboxylic acids is 1. The highest BCUT2D eigenvalue weighted by Gasteiger charge is 2.70. The molecule has 0 aromatic heterocycles. The second-order valence-corrected chi connectivity index (χ2v) is 22.6. The van der Waals surface area contributed by atoms with Gasteiger partial charge in [0, 0.05) is 12.0 Å². The molecule has 5 saturated carbocycles. The van der Waals surface area contributed by atoms with E-state index in [1.54, 1.807) is 13.8 Å². The number of hydrogen-bond donors (Lipinski definition) is 2.